The summed E-state index contributed by atoms with van der Waals surface area (Å²) in [4.78, 5) is 15.5. The molecule has 0 atom stereocenters. The maximum Gasteiger partial charge on any atom is 0.153 e. The molecule has 1 saturated heterocycles. The fourth-order valence-corrected chi connectivity index (χ4v) is 4.81. The Morgan fingerprint density at radius 3 is 2.39 bits per heavy atom. The lowest BCUT2D eigenvalue weighted by Gasteiger charge is -2.28. The summed E-state index contributed by atoms with van der Waals surface area (Å²) in [6.45, 7) is 4.74. The second kappa shape index (κ2) is 8.80. The van der Waals surface area contributed by atoms with Crippen molar-refractivity contribution in [2.24, 2.45) is 0 Å². The smallest absolute Gasteiger partial charge is 0.153 e. The maximum atomic E-state index is 11.8. The molecule has 3 aromatic rings. The third kappa shape index (κ3) is 4.97. The van der Waals surface area contributed by atoms with E-state index < -0.39 is 9.84 Å². The summed E-state index contributed by atoms with van der Waals surface area (Å²) < 4.78 is 29.3. The fraction of sp³-hybridized carbons (Fsp3) is 0.318. The first-order valence-electron chi connectivity index (χ1n) is 10.0. The standard InChI is InChI=1S/C22H23ClN4O3S/c1-15(2)30-17-5-3-16(4-6-17)21-22(18-7-8-24-13-19(18)23)26-20(14-25-21)27-9-11-31(28,29)12-10-27/h3-8,13-15H,9-12H2,1-2H3. The molecule has 0 spiro atoms. The maximum absolute atomic E-state index is 11.8. The molecule has 2 aromatic heterocycles. The first-order chi connectivity index (χ1) is 14.8. The van der Waals surface area contributed by atoms with Gasteiger partial charge in [-0.15, -0.1) is 0 Å². The summed E-state index contributed by atoms with van der Waals surface area (Å²) in [6.07, 6.45) is 5.00. The van der Waals surface area contributed by atoms with Gasteiger partial charge in [0.2, 0.25) is 0 Å². The Kier molecular flexibility index (Phi) is 6.11. The molecule has 0 amide bonds. The number of pyridine rings is 1. The highest BCUT2D eigenvalue weighted by Crippen LogP contribution is 2.35. The number of sulfone groups is 1. The Balaban J connectivity index is 1.75. The average molecular weight is 459 g/mol. The number of halogens is 1. The molecule has 3 heterocycles. The Morgan fingerprint density at radius 1 is 1.03 bits per heavy atom. The minimum Gasteiger partial charge on any atom is -0.491 e. The Hall–Kier alpha value is -2.71. The number of ether oxygens (including phenoxy) is 1. The van der Waals surface area contributed by atoms with Crippen LogP contribution >= 0.6 is 11.6 Å². The van der Waals surface area contributed by atoms with Gasteiger partial charge in [-0.25, -0.2) is 13.4 Å². The molecule has 0 unspecified atom stereocenters. The van der Waals surface area contributed by atoms with Crippen LogP contribution in [0.15, 0.2) is 48.9 Å². The molecule has 4 rings (SSSR count). The molecule has 0 saturated carbocycles. The van der Waals surface area contributed by atoms with E-state index in [-0.39, 0.29) is 17.6 Å². The zero-order valence-electron chi connectivity index (χ0n) is 17.3. The van der Waals surface area contributed by atoms with Gasteiger partial charge in [0.1, 0.15) is 17.3 Å². The van der Waals surface area contributed by atoms with Crippen molar-refractivity contribution in [3.8, 4) is 28.3 Å². The van der Waals surface area contributed by atoms with Gasteiger partial charge < -0.3 is 9.64 Å². The summed E-state index contributed by atoms with van der Waals surface area (Å²) >= 11 is 6.43. The lowest BCUT2D eigenvalue weighted by molar-refractivity contribution is 0.242. The number of aromatic nitrogens is 3. The van der Waals surface area contributed by atoms with Crippen LogP contribution in [0.5, 0.6) is 5.75 Å². The largest absolute Gasteiger partial charge is 0.491 e. The zero-order chi connectivity index (χ0) is 22.0. The molecule has 162 valence electrons. The number of nitrogens with zero attached hydrogens (tertiary/aromatic N) is 4. The van der Waals surface area contributed by atoms with Crippen molar-refractivity contribution >= 4 is 27.3 Å². The lowest BCUT2D eigenvalue weighted by atomic mass is 10.0. The van der Waals surface area contributed by atoms with E-state index in [2.05, 4.69) is 4.98 Å². The predicted molar refractivity (Wildman–Crippen MR) is 122 cm³/mol. The van der Waals surface area contributed by atoms with Crippen molar-refractivity contribution in [1.82, 2.24) is 15.0 Å². The van der Waals surface area contributed by atoms with Crippen LogP contribution in [0.1, 0.15) is 13.8 Å². The predicted octanol–water partition coefficient (Wildman–Crippen LogP) is 3.88. The topological polar surface area (TPSA) is 85.3 Å². The van der Waals surface area contributed by atoms with Crippen molar-refractivity contribution in [1.29, 1.82) is 0 Å². The highest BCUT2D eigenvalue weighted by molar-refractivity contribution is 7.91. The van der Waals surface area contributed by atoms with Crippen LogP contribution in [-0.2, 0) is 9.84 Å². The van der Waals surface area contributed by atoms with Gasteiger partial charge in [0.05, 0.1) is 34.5 Å². The van der Waals surface area contributed by atoms with Gasteiger partial charge in [-0.05, 0) is 44.2 Å². The molecule has 0 bridgehead atoms. The minimum atomic E-state index is -2.99. The van der Waals surface area contributed by atoms with Crippen LogP contribution in [0.4, 0.5) is 5.82 Å². The molecule has 1 aliphatic rings. The quantitative estimate of drug-likeness (QED) is 0.573. The number of benzene rings is 1. The fourth-order valence-electron chi connectivity index (χ4n) is 3.40. The highest BCUT2D eigenvalue weighted by Gasteiger charge is 2.24. The van der Waals surface area contributed by atoms with E-state index in [9.17, 15) is 8.42 Å². The van der Waals surface area contributed by atoms with Crippen LogP contribution in [0, 0.1) is 0 Å². The minimum absolute atomic E-state index is 0.0875. The number of rotatable bonds is 5. The molecule has 0 aliphatic carbocycles. The van der Waals surface area contributed by atoms with E-state index in [0.717, 1.165) is 11.3 Å². The molecular formula is C22H23ClN4O3S. The van der Waals surface area contributed by atoms with Gasteiger partial charge in [-0.3, -0.25) is 9.97 Å². The normalized spacial score (nSPS) is 15.8. The molecule has 9 heteroatoms. The molecule has 1 aromatic carbocycles. The van der Waals surface area contributed by atoms with E-state index in [4.69, 9.17) is 26.3 Å². The Bertz CT molecular complexity index is 1170. The van der Waals surface area contributed by atoms with Crippen LogP contribution in [0.3, 0.4) is 0 Å². The van der Waals surface area contributed by atoms with Crippen molar-refractivity contribution in [2.75, 3.05) is 29.5 Å². The summed E-state index contributed by atoms with van der Waals surface area (Å²) in [6, 6.07) is 9.48. The molecule has 1 fully saturated rings. The van der Waals surface area contributed by atoms with Crippen molar-refractivity contribution in [3.63, 3.8) is 0 Å². The second-order valence-electron chi connectivity index (χ2n) is 7.61. The van der Waals surface area contributed by atoms with Crippen LogP contribution < -0.4 is 9.64 Å². The Labute approximate surface area is 187 Å². The van der Waals surface area contributed by atoms with Crippen LogP contribution in [0.25, 0.3) is 22.5 Å². The summed E-state index contributed by atoms with van der Waals surface area (Å²) in [5, 5.41) is 0.469. The van der Waals surface area contributed by atoms with E-state index >= 15 is 0 Å². The lowest BCUT2D eigenvalue weighted by Crippen LogP contribution is -2.40. The zero-order valence-corrected chi connectivity index (χ0v) is 18.9. The number of hydrogen-bond donors (Lipinski definition) is 0. The van der Waals surface area contributed by atoms with E-state index in [1.807, 2.05) is 43.0 Å². The van der Waals surface area contributed by atoms with Crippen LogP contribution in [0.2, 0.25) is 5.02 Å². The van der Waals surface area contributed by atoms with Crippen molar-refractivity contribution < 1.29 is 13.2 Å². The van der Waals surface area contributed by atoms with E-state index in [1.165, 1.54) is 0 Å². The molecule has 0 radical (unpaired) electrons. The van der Waals surface area contributed by atoms with Gasteiger partial charge in [0.25, 0.3) is 0 Å². The molecule has 31 heavy (non-hydrogen) atoms. The summed E-state index contributed by atoms with van der Waals surface area (Å²) in [5.41, 5.74) is 2.89. The summed E-state index contributed by atoms with van der Waals surface area (Å²) in [7, 11) is -2.99. The van der Waals surface area contributed by atoms with Crippen molar-refractivity contribution in [3.05, 3.63) is 53.9 Å². The number of anilines is 1. The van der Waals surface area contributed by atoms with E-state index in [0.29, 0.717) is 40.9 Å². The first-order valence-corrected chi connectivity index (χ1v) is 12.2. The SMILES string of the molecule is CC(C)Oc1ccc(-c2ncc(N3CCS(=O)(=O)CC3)nc2-c2ccncc2Cl)cc1. The van der Waals surface area contributed by atoms with Gasteiger partial charge in [-0.2, -0.15) is 0 Å². The third-order valence-electron chi connectivity index (χ3n) is 4.96. The highest BCUT2D eigenvalue weighted by atomic mass is 35.5. The molecule has 1 aliphatic heterocycles. The van der Waals surface area contributed by atoms with Gasteiger partial charge >= 0.3 is 0 Å². The Morgan fingerprint density at radius 2 is 1.74 bits per heavy atom. The van der Waals surface area contributed by atoms with Gasteiger partial charge in [0, 0.05) is 36.6 Å². The molecular weight excluding hydrogens is 436 g/mol. The van der Waals surface area contributed by atoms with Crippen LogP contribution in [-0.4, -0.2) is 54.1 Å². The second-order valence-corrected chi connectivity index (χ2v) is 10.3. The number of hydrogen-bond acceptors (Lipinski definition) is 7. The third-order valence-corrected chi connectivity index (χ3v) is 6.87. The van der Waals surface area contributed by atoms with Gasteiger partial charge in [-0.1, -0.05) is 11.6 Å². The first kappa shape index (κ1) is 21.5. The molecule has 7 nitrogen and oxygen atoms in total. The average Bonchev–Trinajstić information content (AvgIpc) is 2.74. The van der Waals surface area contributed by atoms with Crippen molar-refractivity contribution in [2.45, 2.75) is 20.0 Å². The monoisotopic (exact) mass is 458 g/mol. The van der Waals surface area contributed by atoms with E-state index in [1.54, 1.807) is 24.7 Å². The summed E-state index contributed by atoms with van der Waals surface area (Å²) in [5.74, 6) is 1.63. The molecule has 0 N–H and O–H groups in total. The van der Waals surface area contributed by atoms with Gasteiger partial charge in [0.15, 0.2) is 9.84 Å².